The molecule has 8 heteroatoms. The molecule has 8 nitrogen and oxygen atoms in total. The molecule has 0 saturated carbocycles. The van der Waals surface area contributed by atoms with Crippen molar-refractivity contribution in [2.24, 2.45) is 0 Å². The fourth-order valence-corrected chi connectivity index (χ4v) is 4.68. The molecule has 0 bridgehead atoms. The van der Waals surface area contributed by atoms with Gasteiger partial charge < -0.3 is 10.1 Å². The molecule has 2 N–H and O–H groups in total. The molecule has 2 aliphatic rings. The minimum absolute atomic E-state index is 0.107. The molecule has 4 rings (SSSR count). The van der Waals surface area contributed by atoms with Crippen molar-refractivity contribution in [3.05, 3.63) is 65.7 Å². The van der Waals surface area contributed by atoms with Gasteiger partial charge in [0.1, 0.15) is 11.3 Å². The van der Waals surface area contributed by atoms with E-state index in [-0.39, 0.29) is 18.5 Å². The van der Waals surface area contributed by atoms with Crippen molar-refractivity contribution in [1.29, 1.82) is 0 Å². The summed E-state index contributed by atoms with van der Waals surface area (Å²) < 4.78 is 5.52. The number of carbonyl (C=O) groups excluding carboxylic acids is 3. The standard InChI is InChI=1S/C26H32N4O4/c1-3-34-21-13-11-20(12-14-21)22-10-7-17-29(22)18-23(31)28-30-24(32)26(2,27-25(30)33)16-15-19-8-5-4-6-9-19/h4-6,8-9,11-14,22H,3,7,10,15-18H2,1-2H3,(H,27,33)(H,28,31). The molecule has 2 atom stereocenters. The molecule has 4 amide bonds. The van der Waals surface area contributed by atoms with Crippen LogP contribution < -0.4 is 15.5 Å². The molecule has 2 heterocycles. The Morgan fingerprint density at radius 3 is 2.59 bits per heavy atom. The Balaban J connectivity index is 1.34. The second-order valence-electron chi connectivity index (χ2n) is 9.05. The van der Waals surface area contributed by atoms with Crippen LogP contribution in [0.25, 0.3) is 0 Å². The van der Waals surface area contributed by atoms with Gasteiger partial charge in [-0.15, -0.1) is 0 Å². The lowest BCUT2D eigenvalue weighted by atomic mass is 9.93. The van der Waals surface area contributed by atoms with Crippen LogP contribution in [0.1, 0.15) is 50.3 Å². The van der Waals surface area contributed by atoms with Crippen LogP contribution in [0, 0.1) is 0 Å². The van der Waals surface area contributed by atoms with E-state index in [2.05, 4.69) is 15.6 Å². The van der Waals surface area contributed by atoms with E-state index >= 15 is 0 Å². The average molecular weight is 465 g/mol. The summed E-state index contributed by atoms with van der Waals surface area (Å²) in [5, 5.41) is 3.58. The Hall–Kier alpha value is -3.39. The van der Waals surface area contributed by atoms with E-state index in [9.17, 15) is 14.4 Å². The number of aryl methyl sites for hydroxylation is 1. The number of hydrogen-bond acceptors (Lipinski definition) is 5. The van der Waals surface area contributed by atoms with Gasteiger partial charge in [0.15, 0.2) is 0 Å². The van der Waals surface area contributed by atoms with E-state index in [0.29, 0.717) is 19.4 Å². The first-order valence-corrected chi connectivity index (χ1v) is 11.9. The maximum absolute atomic E-state index is 13.0. The van der Waals surface area contributed by atoms with Crippen molar-refractivity contribution in [1.82, 2.24) is 20.7 Å². The number of amides is 4. The molecule has 2 unspecified atom stereocenters. The Morgan fingerprint density at radius 2 is 1.88 bits per heavy atom. The van der Waals surface area contributed by atoms with Gasteiger partial charge in [0.2, 0.25) is 0 Å². The van der Waals surface area contributed by atoms with Gasteiger partial charge >= 0.3 is 6.03 Å². The van der Waals surface area contributed by atoms with Crippen LogP contribution in [0.4, 0.5) is 4.79 Å². The van der Waals surface area contributed by atoms with Gasteiger partial charge in [0.05, 0.1) is 13.2 Å². The topological polar surface area (TPSA) is 91.0 Å². The molecule has 2 aromatic rings. The van der Waals surface area contributed by atoms with Crippen LogP contribution >= 0.6 is 0 Å². The van der Waals surface area contributed by atoms with E-state index in [1.54, 1.807) is 6.92 Å². The van der Waals surface area contributed by atoms with Gasteiger partial charge in [0, 0.05) is 6.04 Å². The summed E-state index contributed by atoms with van der Waals surface area (Å²) >= 11 is 0. The number of hydrogen-bond donors (Lipinski definition) is 2. The lowest BCUT2D eigenvalue weighted by Gasteiger charge is -2.25. The third-order valence-corrected chi connectivity index (χ3v) is 6.54. The van der Waals surface area contributed by atoms with E-state index in [4.69, 9.17) is 4.74 Å². The molecule has 34 heavy (non-hydrogen) atoms. The summed E-state index contributed by atoms with van der Waals surface area (Å²) in [4.78, 5) is 40.4. The molecule has 180 valence electrons. The Morgan fingerprint density at radius 1 is 1.15 bits per heavy atom. The van der Waals surface area contributed by atoms with E-state index in [0.717, 1.165) is 41.3 Å². The van der Waals surface area contributed by atoms with Crippen LogP contribution in [0.15, 0.2) is 54.6 Å². The highest BCUT2D eigenvalue weighted by Gasteiger charge is 2.48. The molecule has 0 aromatic heterocycles. The van der Waals surface area contributed by atoms with Gasteiger partial charge in [0.25, 0.3) is 11.8 Å². The van der Waals surface area contributed by atoms with Gasteiger partial charge in [-0.2, -0.15) is 5.01 Å². The quantitative estimate of drug-likeness (QED) is 0.556. The number of nitrogens with zero attached hydrogens (tertiary/aromatic N) is 2. The lowest BCUT2D eigenvalue weighted by Crippen LogP contribution is -2.51. The molecule has 2 aromatic carbocycles. The number of carbonyl (C=O) groups is 3. The van der Waals surface area contributed by atoms with Crippen LogP contribution in [-0.2, 0) is 16.0 Å². The van der Waals surface area contributed by atoms with Crippen LogP contribution in [0.2, 0.25) is 0 Å². The van der Waals surface area contributed by atoms with Gasteiger partial charge in [-0.05, 0) is 69.3 Å². The predicted molar refractivity (Wildman–Crippen MR) is 128 cm³/mol. The summed E-state index contributed by atoms with van der Waals surface area (Å²) in [5.41, 5.74) is 3.68. The molecule has 0 radical (unpaired) electrons. The maximum Gasteiger partial charge on any atom is 0.344 e. The number of urea groups is 1. The minimum Gasteiger partial charge on any atom is -0.494 e. The van der Waals surface area contributed by atoms with Gasteiger partial charge in [-0.3, -0.25) is 19.9 Å². The zero-order chi connectivity index (χ0) is 24.1. The molecule has 2 fully saturated rings. The first-order valence-electron chi connectivity index (χ1n) is 11.9. The number of likely N-dealkylation sites (tertiary alicyclic amines) is 1. The number of hydrazine groups is 1. The third-order valence-electron chi connectivity index (χ3n) is 6.54. The Kier molecular flexibility index (Phi) is 7.17. The molecule has 0 spiro atoms. The second kappa shape index (κ2) is 10.3. The molecular formula is C26H32N4O4. The molecule has 0 aliphatic carbocycles. The van der Waals surface area contributed by atoms with Crippen molar-refractivity contribution in [2.75, 3.05) is 19.7 Å². The highest BCUT2D eigenvalue weighted by atomic mass is 16.5. The smallest absolute Gasteiger partial charge is 0.344 e. The van der Waals surface area contributed by atoms with Crippen molar-refractivity contribution in [3.63, 3.8) is 0 Å². The Bertz CT molecular complexity index is 1030. The predicted octanol–water partition coefficient (Wildman–Crippen LogP) is 3.20. The number of nitrogens with one attached hydrogen (secondary N) is 2. The fraction of sp³-hybridized carbons (Fsp3) is 0.423. The first kappa shape index (κ1) is 23.8. The average Bonchev–Trinajstić information content (AvgIpc) is 3.37. The number of rotatable bonds is 9. The highest BCUT2D eigenvalue weighted by molar-refractivity contribution is 6.07. The lowest BCUT2D eigenvalue weighted by molar-refractivity contribution is -0.139. The third kappa shape index (κ3) is 5.22. The molecule has 2 saturated heterocycles. The van der Waals surface area contributed by atoms with Crippen molar-refractivity contribution in [2.45, 2.75) is 51.1 Å². The van der Waals surface area contributed by atoms with Crippen LogP contribution in [-0.4, -0.2) is 53.0 Å². The van der Waals surface area contributed by atoms with Crippen molar-refractivity contribution >= 4 is 17.8 Å². The molecular weight excluding hydrogens is 432 g/mol. The fourth-order valence-electron chi connectivity index (χ4n) is 4.68. The summed E-state index contributed by atoms with van der Waals surface area (Å²) in [5.74, 6) is 0.00215. The zero-order valence-electron chi connectivity index (χ0n) is 19.8. The maximum atomic E-state index is 13.0. The van der Waals surface area contributed by atoms with Crippen molar-refractivity contribution in [3.8, 4) is 5.75 Å². The summed E-state index contributed by atoms with van der Waals surface area (Å²) in [6.07, 6.45) is 3.01. The number of benzene rings is 2. The molecule has 2 aliphatic heterocycles. The second-order valence-corrected chi connectivity index (χ2v) is 9.05. The van der Waals surface area contributed by atoms with E-state index < -0.39 is 17.5 Å². The number of imide groups is 1. The summed E-state index contributed by atoms with van der Waals surface area (Å²) in [6, 6.07) is 17.3. The zero-order valence-corrected chi connectivity index (χ0v) is 19.8. The highest BCUT2D eigenvalue weighted by Crippen LogP contribution is 2.32. The number of ether oxygens (including phenoxy) is 1. The SMILES string of the molecule is CCOc1ccc(C2CCCN2CC(=O)NN2C(=O)NC(C)(CCc3ccccc3)C2=O)cc1. The Labute approximate surface area is 200 Å². The van der Waals surface area contributed by atoms with Gasteiger partial charge in [-0.25, -0.2) is 4.79 Å². The monoisotopic (exact) mass is 464 g/mol. The first-order chi connectivity index (χ1) is 16.4. The van der Waals surface area contributed by atoms with Crippen LogP contribution in [0.5, 0.6) is 5.75 Å². The minimum atomic E-state index is -1.06. The summed E-state index contributed by atoms with van der Waals surface area (Å²) in [6.45, 7) is 5.15. The van der Waals surface area contributed by atoms with E-state index in [1.165, 1.54) is 0 Å². The summed E-state index contributed by atoms with van der Waals surface area (Å²) in [7, 11) is 0. The van der Waals surface area contributed by atoms with Gasteiger partial charge in [-0.1, -0.05) is 42.5 Å². The van der Waals surface area contributed by atoms with Crippen LogP contribution in [0.3, 0.4) is 0 Å². The largest absolute Gasteiger partial charge is 0.494 e. The van der Waals surface area contributed by atoms with Crippen molar-refractivity contribution < 1.29 is 19.1 Å². The normalized spacial score (nSPS) is 22.6. The van der Waals surface area contributed by atoms with E-state index in [1.807, 2.05) is 61.5 Å².